The van der Waals surface area contributed by atoms with Crippen LogP contribution < -0.4 is 0 Å². The summed E-state index contributed by atoms with van der Waals surface area (Å²) < 4.78 is 5.32. The molecule has 1 saturated carbocycles. The Labute approximate surface area is 113 Å². The van der Waals surface area contributed by atoms with Crippen LogP contribution in [-0.4, -0.2) is 48.2 Å². The van der Waals surface area contributed by atoms with Crippen LogP contribution in [0.2, 0.25) is 0 Å². The molecular formula is C14H23NO4. The number of carboxylic acids is 1. The summed E-state index contributed by atoms with van der Waals surface area (Å²) in [6.45, 7) is 1.35. The van der Waals surface area contributed by atoms with Gasteiger partial charge in [0.2, 0.25) is 5.91 Å². The van der Waals surface area contributed by atoms with Gasteiger partial charge < -0.3 is 14.7 Å². The van der Waals surface area contributed by atoms with Crippen LogP contribution in [0.25, 0.3) is 0 Å². The highest BCUT2D eigenvalue weighted by Gasteiger charge is 2.38. The van der Waals surface area contributed by atoms with E-state index in [2.05, 4.69) is 0 Å². The molecule has 1 aliphatic heterocycles. The molecule has 1 aliphatic carbocycles. The van der Waals surface area contributed by atoms with Crippen molar-refractivity contribution in [2.75, 3.05) is 20.2 Å². The van der Waals surface area contributed by atoms with Gasteiger partial charge in [-0.1, -0.05) is 12.8 Å². The molecule has 1 unspecified atom stereocenters. The number of carbonyl (C=O) groups excluding carboxylic acids is 1. The number of piperidine rings is 1. The first kappa shape index (κ1) is 14.3. The fourth-order valence-electron chi connectivity index (χ4n) is 3.29. The standard InChI is InChI=1S/C14H23NO4/c1-19-10-5-4-8-15(9-10)13(16)11-6-2-3-7-12(11)14(17)18/h10-12H,2-9H2,1H3,(H,17,18)/t10?,11-,12+/m1/s1. The second kappa shape index (κ2) is 6.37. The van der Waals surface area contributed by atoms with Gasteiger partial charge >= 0.3 is 5.97 Å². The molecule has 2 fully saturated rings. The van der Waals surface area contributed by atoms with Crippen molar-refractivity contribution in [3.63, 3.8) is 0 Å². The highest BCUT2D eigenvalue weighted by Crippen LogP contribution is 2.32. The smallest absolute Gasteiger partial charge is 0.307 e. The van der Waals surface area contributed by atoms with Crippen molar-refractivity contribution in [3.8, 4) is 0 Å². The van der Waals surface area contributed by atoms with E-state index in [1.165, 1.54) is 0 Å². The first-order valence-corrected chi connectivity index (χ1v) is 7.18. The van der Waals surface area contributed by atoms with E-state index >= 15 is 0 Å². The number of hydrogen-bond donors (Lipinski definition) is 1. The molecular weight excluding hydrogens is 246 g/mol. The summed E-state index contributed by atoms with van der Waals surface area (Å²) in [7, 11) is 1.67. The predicted octanol–water partition coefficient (Wildman–Crippen LogP) is 1.51. The van der Waals surface area contributed by atoms with Crippen molar-refractivity contribution in [3.05, 3.63) is 0 Å². The zero-order valence-corrected chi connectivity index (χ0v) is 11.5. The molecule has 3 atom stereocenters. The number of likely N-dealkylation sites (tertiary alicyclic amines) is 1. The Kier molecular flexibility index (Phi) is 4.80. The number of amides is 1. The van der Waals surface area contributed by atoms with Crippen molar-refractivity contribution in [1.82, 2.24) is 4.90 Å². The van der Waals surface area contributed by atoms with Crippen LogP contribution in [0.5, 0.6) is 0 Å². The lowest BCUT2D eigenvalue weighted by Crippen LogP contribution is -2.48. The number of nitrogens with zero attached hydrogens (tertiary/aromatic N) is 1. The molecule has 1 heterocycles. The number of methoxy groups -OCH3 is 1. The summed E-state index contributed by atoms with van der Waals surface area (Å²) in [5.41, 5.74) is 0. The molecule has 0 aromatic heterocycles. The topological polar surface area (TPSA) is 66.8 Å². The van der Waals surface area contributed by atoms with Gasteiger partial charge in [-0.3, -0.25) is 9.59 Å². The molecule has 108 valence electrons. The Morgan fingerprint density at radius 1 is 1.11 bits per heavy atom. The Balaban J connectivity index is 2.02. The summed E-state index contributed by atoms with van der Waals surface area (Å²) in [5.74, 6) is -1.63. The van der Waals surface area contributed by atoms with E-state index in [4.69, 9.17) is 4.74 Å². The van der Waals surface area contributed by atoms with Gasteiger partial charge in [0, 0.05) is 20.2 Å². The van der Waals surface area contributed by atoms with Crippen LogP contribution in [0, 0.1) is 11.8 Å². The van der Waals surface area contributed by atoms with E-state index in [0.29, 0.717) is 19.4 Å². The van der Waals surface area contributed by atoms with Gasteiger partial charge in [-0.25, -0.2) is 0 Å². The highest BCUT2D eigenvalue weighted by atomic mass is 16.5. The average Bonchev–Trinajstić information content (AvgIpc) is 2.46. The van der Waals surface area contributed by atoms with Gasteiger partial charge in [-0.2, -0.15) is 0 Å². The van der Waals surface area contributed by atoms with E-state index in [9.17, 15) is 14.7 Å². The van der Waals surface area contributed by atoms with Crippen LogP contribution in [-0.2, 0) is 14.3 Å². The average molecular weight is 269 g/mol. The third-order valence-electron chi connectivity index (χ3n) is 4.42. The fourth-order valence-corrected chi connectivity index (χ4v) is 3.29. The number of hydrogen-bond acceptors (Lipinski definition) is 3. The third kappa shape index (κ3) is 3.26. The van der Waals surface area contributed by atoms with Gasteiger partial charge in [0.15, 0.2) is 0 Å². The van der Waals surface area contributed by atoms with Crippen molar-refractivity contribution in [2.24, 2.45) is 11.8 Å². The first-order chi connectivity index (χ1) is 9.13. The zero-order valence-electron chi connectivity index (χ0n) is 11.5. The van der Waals surface area contributed by atoms with Crippen molar-refractivity contribution < 1.29 is 19.4 Å². The second-order valence-corrected chi connectivity index (χ2v) is 5.62. The van der Waals surface area contributed by atoms with Gasteiger partial charge in [-0.05, 0) is 25.7 Å². The Bertz CT molecular complexity index is 344. The number of rotatable bonds is 3. The molecule has 1 amide bonds. The van der Waals surface area contributed by atoms with Gasteiger partial charge in [0.25, 0.3) is 0 Å². The van der Waals surface area contributed by atoms with E-state index < -0.39 is 11.9 Å². The number of ether oxygens (including phenoxy) is 1. The van der Waals surface area contributed by atoms with E-state index in [-0.39, 0.29) is 17.9 Å². The summed E-state index contributed by atoms with van der Waals surface area (Å²) in [4.78, 5) is 25.6. The van der Waals surface area contributed by atoms with E-state index in [1.807, 2.05) is 4.90 Å². The quantitative estimate of drug-likeness (QED) is 0.843. The molecule has 1 saturated heterocycles. The molecule has 5 heteroatoms. The maximum atomic E-state index is 12.5. The summed E-state index contributed by atoms with van der Waals surface area (Å²) in [5, 5.41) is 9.26. The summed E-state index contributed by atoms with van der Waals surface area (Å²) >= 11 is 0. The maximum absolute atomic E-state index is 12.5. The lowest BCUT2D eigenvalue weighted by Gasteiger charge is -2.37. The number of carbonyl (C=O) groups is 2. The molecule has 5 nitrogen and oxygen atoms in total. The minimum atomic E-state index is -0.821. The summed E-state index contributed by atoms with van der Waals surface area (Å²) in [6.07, 6.45) is 5.24. The van der Waals surface area contributed by atoms with Crippen molar-refractivity contribution in [1.29, 1.82) is 0 Å². The molecule has 0 spiro atoms. The van der Waals surface area contributed by atoms with Gasteiger partial charge in [0.05, 0.1) is 17.9 Å². The molecule has 0 bridgehead atoms. The molecule has 2 aliphatic rings. The molecule has 0 aromatic rings. The van der Waals surface area contributed by atoms with Crippen LogP contribution in [0.3, 0.4) is 0 Å². The Morgan fingerprint density at radius 3 is 2.42 bits per heavy atom. The minimum Gasteiger partial charge on any atom is -0.481 e. The predicted molar refractivity (Wildman–Crippen MR) is 69.7 cm³/mol. The largest absolute Gasteiger partial charge is 0.481 e. The number of aliphatic carboxylic acids is 1. The second-order valence-electron chi connectivity index (χ2n) is 5.62. The lowest BCUT2D eigenvalue weighted by molar-refractivity contribution is -0.153. The Morgan fingerprint density at radius 2 is 1.79 bits per heavy atom. The molecule has 1 N–H and O–H groups in total. The lowest BCUT2D eigenvalue weighted by atomic mass is 9.78. The van der Waals surface area contributed by atoms with Crippen LogP contribution in [0.1, 0.15) is 38.5 Å². The highest BCUT2D eigenvalue weighted by molar-refractivity contribution is 5.85. The normalized spacial score (nSPS) is 32.1. The summed E-state index contributed by atoms with van der Waals surface area (Å²) in [6, 6.07) is 0. The zero-order chi connectivity index (χ0) is 13.8. The number of carboxylic acid groups (broad SMARTS) is 1. The fraction of sp³-hybridized carbons (Fsp3) is 0.857. The van der Waals surface area contributed by atoms with Gasteiger partial charge in [-0.15, -0.1) is 0 Å². The first-order valence-electron chi connectivity index (χ1n) is 7.18. The minimum absolute atomic E-state index is 0.0221. The van der Waals surface area contributed by atoms with Crippen molar-refractivity contribution in [2.45, 2.75) is 44.6 Å². The van der Waals surface area contributed by atoms with E-state index in [1.54, 1.807) is 7.11 Å². The van der Waals surface area contributed by atoms with Gasteiger partial charge in [0.1, 0.15) is 0 Å². The Hall–Kier alpha value is -1.10. The molecule has 0 radical (unpaired) electrons. The maximum Gasteiger partial charge on any atom is 0.307 e. The monoisotopic (exact) mass is 269 g/mol. The van der Waals surface area contributed by atoms with Crippen LogP contribution in [0.15, 0.2) is 0 Å². The van der Waals surface area contributed by atoms with E-state index in [0.717, 1.165) is 32.2 Å². The van der Waals surface area contributed by atoms with Crippen LogP contribution >= 0.6 is 0 Å². The third-order valence-corrected chi connectivity index (χ3v) is 4.42. The van der Waals surface area contributed by atoms with Crippen molar-refractivity contribution >= 4 is 11.9 Å². The molecule has 0 aromatic carbocycles. The SMILES string of the molecule is COC1CCCN(C(=O)[C@@H]2CCCC[C@@H]2C(=O)O)C1. The van der Waals surface area contributed by atoms with Crippen LogP contribution in [0.4, 0.5) is 0 Å². The molecule has 19 heavy (non-hydrogen) atoms. The molecule has 2 rings (SSSR count).